The predicted molar refractivity (Wildman–Crippen MR) is 70.2 cm³/mol. The maximum absolute atomic E-state index is 12.5. The lowest BCUT2D eigenvalue weighted by molar-refractivity contribution is 0.409. The second-order valence-corrected chi connectivity index (χ2v) is 6.84. The van der Waals surface area contributed by atoms with E-state index in [1.807, 2.05) is 6.92 Å². The van der Waals surface area contributed by atoms with Crippen molar-refractivity contribution >= 4 is 21.6 Å². The summed E-state index contributed by atoms with van der Waals surface area (Å²) < 4.78 is 31.9. The largest absolute Gasteiger partial charge is 0.464 e. The number of hydrogen-bond donors (Lipinski definition) is 0. The van der Waals surface area contributed by atoms with Gasteiger partial charge in [-0.1, -0.05) is 6.92 Å². The number of rotatable bonds is 6. The molecule has 1 aromatic rings. The van der Waals surface area contributed by atoms with Crippen LogP contribution in [0.3, 0.4) is 0 Å². The number of aryl methyl sites for hydroxylation is 1. The van der Waals surface area contributed by atoms with Crippen LogP contribution in [0.25, 0.3) is 0 Å². The van der Waals surface area contributed by atoms with Gasteiger partial charge in [0, 0.05) is 19.2 Å². The van der Waals surface area contributed by atoms with Gasteiger partial charge >= 0.3 is 0 Å². The molecule has 0 aromatic carbocycles. The topological polar surface area (TPSA) is 50.5 Å². The van der Waals surface area contributed by atoms with E-state index in [4.69, 9.17) is 16.0 Å². The molecule has 4 nitrogen and oxygen atoms in total. The summed E-state index contributed by atoms with van der Waals surface area (Å²) in [5, 5.41) is 0. The van der Waals surface area contributed by atoms with Crippen LogP contribution in [0.15, 0.2) is 15.4 Å². The van der Waals surface area contributed by atoms with Gasteiger partial charge in [0.05, 0.1) is 5.88 Å². The van der Waals surface area contributed by atoms with Crippen LogP contribution in [-0.2, 0) is 15.9 Å². The lowest BCUT2D eigenvalue weighted by atomic mass is 10.4. The van der Waals surface area contributed by atoms with Crippen molar-refractivity contribution in [1.29, 1.82) is 0 Å². The molecule has 0 N–H and O–H groups in total. The minimum Gasteiger partial charge on any atom is -0.464 e. The first kappa shape index (κ1) is 13.9. The maximum atomic E-state index is 12.5. The molecule has 18 heavy (non-hydrogen) atoms. The van der Waals surface area contributed by atoms with Gasteiger partial charge in [-0.2, -0.15) is 4.31 Å². The molecule has 1 aliphatic rings. The van der Waals surface area contributed by atoms with E-state index in [0.717, 1.165) is 12.8 Å². The zero-order valence-corrected chi connectivity index (χ0v) is 12.2. The second kappa shape index (κ2) is 5.23. The summed E-state index contributed by atoms with van der Waals surface area (Å²) in [6.07, 6.45) is 2.26. The number of halogens is 1. The number of nitrogens with zero attached hydrogens (tertiary/aromatic N) is 1. The van der Waals surface area contributed by atoms with E-state index in [2.05, 4.69) is 0 Å². The van der Waals surface area contributed by atoms with Crippen LogP contribution in [-0.4, -0.2) is 25.8 Å². The highest BCUT2D eigenvalue weighted by Gasteiger charge is 2.32. The van der Waals surface area contributed by atoms with Crippen molar-refractivity contribution in [3.63, 3.8) is 0 Å². The van der Waals surface area contributed by atoms with E-state index in [9.17, 15) is 8.42 Å². The zero-order valence-electron chi connectivity index (χ0n) is 10.6. The summed E-state index contributed by atoms with van der Waals surface area (Å²) in [6, 6.07) is 1.53. The van der Waals surface area contributed by atoms with Crippen LogP contribution in [0.1, 0.15) is 31.3 Å². The molecule has 0 spiro atoms. The highest BCUT2D eigenvalue weighted by molar-refractivity contribution is 7.89. The Morgan fingerprint density at radius 1 is 1.50 bits per heavy atom. The highest BCUT2D eigenvalue weighted by Crippen LogP contribution is 2.32. The first-order valence-corrected chi connectivity index (χ1v) is 8.12. The third-order valence-electron chi connectivity index (χ3n) is 3.18. The summed E-state index contributed by atoms with van der Waals surface area (Å²) in [7, 11) is -3.45. The van der Waals surface area contributed by atoms with E-state index < -0.39 is 10.0 Å². The van der Waals surface area contributed by atoms with E-state index in [0.29, 0.717) is 30.5 Å². The van der Waals surface area contributed by atoms with Gasteiger partial charge in [-0.25, -0.2) is 8.42 Å². The molecule has 1 saturated carbocycles. The Kier molecular flexibility index (Phi) is 4.04. The van der Waals surface area contributed by atoms with Crippen molar-refractivity contribution in [2.45, 2.75) is 37.5 Å². The van der Waals surface area contributed by atoms with Crippen molar-refractivity contribution in [3.8, 4) is 0 Å². The SMILES string of the molecule is CCN(CC1CC1)S(=O)(=O)c1cc(CCl)oc1C. The van der Waals surface area contributed by atoms with Gasteiger partial charge < -0.3 is 4.42 Å². The molecule has 1 heterocycles. The van der Waals surface area contributed by atoms with Gasteiger partial charge in [-0.05, 0) is 25.7 Å². The summed E-state index contributed by atoms with van der Waals surface area (Å²) >= 11 is 5.67. The van der Waals surface area contributed by atoms with Crippen molar-refractivity contribution in [1.82, 2.24) is 4.31 Å². The third kappa shape index (κ3) is 2.73. The van der Waals surface area contributed by atoms with Crippen LogP contribution in [0.5, 0.6) is 0 Å². The lowest BCUT2D eigenvalue weighted by Gasteiger charge is -2.19. The molecule has 1 fully saturated rings. The highest BCUT2D eigenvalue weighted by atomic mass is 35.5. The molecular formula is C12H18ClNO3S. The number of furan rings is 1. The van der Waals surface area contributed by atoms with Crippen LogP contribution in [0.4, 0.5) is 0 Å². The van der Waals surface area contributed by atoms with Gasteiger partial charge in [-0.15, -0.1) is 11.6 Å². The van der Waals surface area contributed by atoms with Gasteiger partial charge in [0.1, 0.15) is 16.4 Å². The quantitative estimate of drug-likeness (QED) is 0.757. The van der Waals surface area contributed by atoms with Crippen molar-refractivity contribution in [3.05, 3.63) is 17.6 Å². The Labute approximate surface area is 113 Å². The third-order valence-corrected chi connectivity index (χ3v) is 5.50. The molecule has 0 atom stereocenters. The first-order chi connectivity index (χ1) is 8.48. The molecule has 2 rings (SSSR count). The molecule has 0 aliphatic heterocycles. The molecule has 0 unspecified atom stereocenters. The van der Waals surface area contributed by atoms with Gasteiger partial charge in [0.15, 0.2) is 0 Å². The average Bonchev–Trinajstić information content (AvgIpc) is 3.07. The van der Waals surface area contributed by atoms with E-state index in [1.165, 1.54) is 10.4 Å². The minimum absolute atomic E-state index is 0.186. The Bertz CT molecular complexity index is 519. The Balaban J connectivity index is 2.29. The molecule has 6 heteroatoms. The summed E-state index contributed by atoms with van der Waals surface area (Å²) in [5.41, 5.74) is 0. The molecule has 0 amide bonds. The fraction of sp³-hybridized carbons (Fsp3) is 0.667. The van der Waals surface area contributed by atoms with Crippen molar-refractivity contribution in [2.24, 2.45) is 5.92 Å². The summed E-state index contributed by atoms with van der Waals surface area (Å²) in [6.45, 7) is 4.62. The van der Waals surface area contributed by atoms with Gasteiger partial charge in [0.25, 0.3) is 0 Å². The Morgan fingerprint density at radius 3 is 2.61 bits per heavy atom. The summed E-state index contributed by atoms with van der Waals surface area (Å²) in [4.78, 5) is 0.251. The number of sulfonamides is 1. The molecule has 102 valence electrons. The Morgan fingerprint density at radius 2 is 2.17 bits per heavy atom. The molecule has 0 radical (unpaired) electrons. The second-order valence-electron chi connectivity index (χ2n) is 4.67. The zero-order chi connectivity index (χ0) is 13.3. The fourth-order valence-electron chi connectivity index (χ4n) is 1.97. The van der Waals surface area contributed by atoms with Crippen LogP contribution in [0, 0.1) is 12.8 Å². The normalized spacial score (nSPS) is 16.4. The Hall–Kier alpha value is -0.520. The van der Waals surface area contributed by atoms with Gasteiger partial charge in [0.2, 0.25) is 10.0 Å². The minimum atomic E-state index is -3.45. The van der Waals surface area contributed by atoms with Crippen molar-refractivity contribution < 1.29 is 12.8 Å². The summed E-state index contributed by atoms with van der Waals surface area (Å²) in [5.74, 6) is 1.63. The molecule has 1 aromatic heterocycles. The molecule has 1 aliphatic carbocycles. The maximum Gasteiger partial charge on any atom is 0.246 e. The fourth-order valence-corrected chi connectivity index (χ4v) is 3.81. The predicted octanol–water partition coefficient (Wildman–Crippen LogP) is 2.75. The van der Waals surface area contributed by atoms with E-state index >= 15 is 0 Å². The molecule has 0 bridgehead atoms. The van der Waals surface area contributed by atoms with E-state index in [1.54, 1.807) is 6.92 Å². The number of alkyl halides is 1. The first-order valence-electron chi connectivity index (χ1n) is 6.14. The van der Waals surface area contributed by atoms with Crippen LogP contribution >= 0.6 is 11.6 Å². The van der Waals surface area contributed by atoms with Crippen molar-refractivity contribution in [2.75, 3.05) is 13.1 Å². The van der Waals surface area contributed by atoms with Gasteiger partial charge in [-0.3, -0.25) is 0 Å². The standard InChI is InChI=1S/C12H18ClNO3S/c1-3-14(8-10-4-5-10)18(15,16)12-6-11(7-13)17-9(12)2/h6,10H,3-5,7-8H2,1-2H3. The molecular weight excluding hydrogens is 274 g/mol. The van der Waals surface area contributed by atoms with E-state index in [-0.39, 0.29) is 10.8 Å². The average molecular weight is 292 g/mol. The number of hydrogen-bond acceptors (Lipinski definition) is 3. The molecule has 0 saturated heterocycles. The smallest absolute Gasteiger partial charge is 0.246 e. The van der Waals surface area contributed by atoms with Crippen LogP contribution in [0.2, 0.25) is 0 Å². The van der Waals surface area contributed by atoms with Crippen LogP contribution < -0.4 is 0 Å². The lowest BCUT2D eigenvalue weighted by Crippen LogP contribution is -2.32. The monoisotopic (exact) mass is 291 g/mol.